The zero-order chi connectivity index (χ0) is 15.1. The number of amides is 1. The van der Waals surface area contributed by atoms with Gasteiger partial charge in [-0.05, 0) is 62.3 Å². The Morgan fingerprint density at radius 2 is 1.81 bits per heavy atom. The number of nitrogens with one attached hydrogen (secondary N) is 2. The lowest BCUT2D eigenvalue weighted by Gasteiger charge is -2.25. The summed E-state index contributed by atoms with van der Waals surface area (Å²) < 4.78 is 0. The molecule has 1 fully saturated rings. The van der Waals surface area contributed by atoms with E-state index < -0.39 is 0 Å². The molecule has 0 saturated heterocycles. The molecule has 0 aromatic heterocycles. The summed E-state index contributed by atoms with van der Waals surface area (Å²) in [7, 11) is 0. The highest BCUT2D eigenvalue weighted by Crippen LogP contribution is 2.29. The van der Waals surface area contributed by atoms with E-state index in [0.717, 1.165) is 44.0 Å². The quantitative estimate of drug-likeness (QED) is 0.778. The number of anilines is 1. The van der Waals surface area contributed by atoms with Gasteiger partial charge in [0.1, 0.15) is 0 Å². The molecule has 0 spiro atoms. The van der Waals surface area contributed by atoms with Gasteiger partial charge < -0.3 is 10.6 Å². The normalized spacial score (nSPS) is 22.0. The first-order valence-corrected chi connectivity index (χ1v) is 8.29. The van der Waals surface area contributed by atoms with Crippen LogP contribution in [-0.4, -0.2) is 12.5 Å². The monoisotopic (exact) mass is 288 g/mol. The summed E-state index contributed by atoms with van der Waals surface area (Å²) in [5.41, 5.74) is 2.17. The van der Waals surface area contributed by atoms with Crippen molar-refractivity contribution in [1.82, 2.24) is 5.32 Å². The molecule has 1 aromatic carbocycles. The number of benzene rings is 1. The molecular weight excluding hydrogens is 260 g/mol. The summed E-state index contributed by atoms with van der Waals surface area (Å²) in [5, 5.41) is 6.44. The van der Waals surface area contributed by atoms with Gasteiger partial charge in [-0.2, -0.15) is 0 Å². The molecule has 2 rings (SSSR count). The van der Waals surface area contributed by atoms with Crippen molar-refractivity contribution < 1.29 is 4.79 Å². The molecule has 21 heavy (non-hydrogen) atoms. The van der Waals surface area contributed by atoms with Gasteiger partial charge in [0.15, 0.2) is 0 Å². The third-order valence-corrected chi connectivity index (χ3v) is 4.36. The van der Waals surface area contributed by atoms with Crippen molar-refractivity contribution in [3.63, 3.8) is 0 Å². The first kappa shape index (κ1) is 16.0. The van der Waals surface area contributed by atoms with Crippen LogP contribution in [0.3, 0.4) is 0 Å². The predicted octanol–water partition coefficient (Wildman–Crippen LogP) is 3.95. The van der Waals surface area contributed by atoms with Gasteiger partial charge in [-0.3, -0.25) is 4.79 Å². The Morgan fingerprint density at radius 1 is 1.14 bits per heavy atom. The van der Waals surface area contributed by atoms with Crippen molar-refractivity contribution in [2.24, 2.45) is 11.8 Å². The summed E-state index contributed by atoms with van der Waals surface area (Å²) in [6.07, 6.45) is 5.58. The first-order valence-electron chi connectivity index (χ1n) is 8.29. The Bertz CT molecular complexity index is 433. The van der Waals surface area contributed by atoms with Gasteiger partial charge in [-0.15, -0.1) is 0 Å². The van der Waals surface area contributed by atoms with Crippen molar-refractivity contribution in [2.45, 2.75) is 52.5 Å². The van der Waals surface area contributed by atoms with Crippen LogP contribution in [0.25, 0.3) is 0 Å². The molecular formula is C18H28N2O. The Kier molecular flexibility index (Phi) is 6.24. The van der Waals surface area contributed by atoms with E-state index >= 15 is 0 Å². The molecule has 1 saturated carbocycles. The van der Waals surface area contributed by atoms with Gasteiger partial charge in [0.25, 0.3) is 0 Å². The van der Waals surface area contributed by atoms with Crippen LogP contribution in [0.2, 0.25) is 0 Å². The Hall–Kier alpha value is -1.35. The summed E-state index contributed by atoms with van der Waals surface area (Å²) >= 11 is 0. The molecule has 116 valence electrons. The van der Waals surface area contributed by atoms with Gasteiger partial charge in [0, 0.05) is 18.2 Å². The van der Waals surface area contributed by atoms with Crippen molar-refractivity contribution in [2.75, 3.05) is 11.9 Å². The van der Waals surface area contributed by atoms with E-state index in [1.807, 2.05) is 12.1 Å². The highest BCUT2D eigenvalue weighted by molar-refractivity contribution is 5.92. The van der Waals surface area contributed by atoms with Crippen LogP contribution in [0.5, 0.6) is 0 Å². The largest absolute Gasteiger partial charge is 0.326 e. The minimum Gasteiger partial charge on any atom is -0.326 e. The average molecular weight is 288 g/mol. The molecule has 0 atom stereocenters. The minimum atomic E-state index is 0.193. The van der Waals surface area contributed by atoms with Gasteiger partial charge in [0.05, 0.1) is 0 Å². The van der Waals surface area contributed by atoms with Crippen LogP contribution in [0, 0.1) is 11.8 Å². The van der Waals surface area contributed by atoms with Crippen LogP contribution in [-0.2, 0) is 11.3 Å². The SMILES string of the molecule is CCCNCc1ccc(NC(=O)C2CCC(C)CC2)cc1. The summed E-state index contributed by atoms with van der Waals surface area (Å²) in [5.74, 6) is 1.18. The Labute approximate surface area is 128 Å². The molecule has 0 bridgehead atoms. The second-order valence-corrected chi connectivity index (χ2v) is 6.32. The molecule has 1 aliphatic rings. The van der Waals surface area contributed by atoms with Crippen molar-refractivity contribution >= 4 is 11.6 Å². The minimum absolute atomic E-state index is 0.193. The highest BCUT2D eigenvalue weighted by atomic mass is 16.1. The van der Waals surface area contributed by atoms with E-state index in [2.05, 4.69) is 36.6 Å². The van der Waals surface area contributed by atoms with Crippen molar-refractivity contribution in [3.05, 3.63) is 29.8 Å². The lowest BCUT2D eigenvalue weighted by Crippen LogP contribution is -2.26. The molecule has 1 amide bonds. The summed E-state index contributed by atoms with van der Waals surface area (Å²) in [6.45, 7) is 6.37. The molecule has 3 nitrogen and oxygen atoms in total. The predicted molar refractivity (Wildman–Crippen MR) is 88.2 cm³/mol. The van der Waals surface area contributed by atoms with E-state index in [1.165, 1.54) is 18.4 Å². The zero-order valence-electron chi connectivity index (χ0n) is 13.3. The molecule has 0 heterocycles. The molecule has 1 aliphatic carbocycles. The number of rotatable bonds is 6. The van der Waals surface area contributed by atoms with Gasteiger partial charge in [-0.1, -0.05) is 26.0 Å². The smallest absolute Gasteiger partial charge is 0.227 e. The average Bonchev–Trinajstić information content (AvgIpc) is 2.50. The summed E-state index contributed by atoms with van der Waals surface area (Å²) in [6, 6.07) is 8.18. The lowest BCUT2D eigenvalue weighted by molar-refractivity contribution is -0.121. The second kappa shape index (κ2) is 8.18. The van der Waals surface area contributed by atoms with E-state index in [0.29, 0.717) is 0 Å². The fourth-order valence-electron chi connectivity index (χ4n) is 2.88. The molecule has 3 heteroatoms. The first-order chi connectivity index (χ1) is 10.2. The third-order valence-electron chi connectivity index (χ3n) is 4.36. The molecule has 0 aliphatic heterocycles. The molecule has 0 radical (unpaired) electrons. The van der Waals surface area contributed by atoms with Gasteiger partial charge in [0.2, 0.25) is 5.91 Å². The number of hydrogen-bond donors (Lipinski definition) is 2. The fourth-order valence-corrected chi connectivity index (χ4v) is 2.88. The van der Waals surface area contributed by atoms with Crippen LogP contribution in [0.1, 0.15) is 51.5 Å². The lowest BCUT2D eigenvalue weighted by atomic mass is 9.82. The van der Waals surface area contributed by atoms with Gasteiger partial charge in [-0.25, -0.2) is 0 Å². The van der Waals surface area contributed by atoms with E-state index in [1.54, 1.807) is 0 Å². The maximum atomic E-state index is 12.2. The standard InChI is InChI=1S/C18H28N2O/c1-3-12-19-13-15-6-10-17(11-7-15)20-18(21)16-8-4-14(2)5-9-16/h6-7,10-11,14,16,19H,3-5,8-9,12-13H2,1-2H3,(H,20,21). The highest BCUT2D eigenvalue weighted by Gasteiger charge is 2.24. The molecule has 0 unspecified atom stereocenters. The second-order valence-electron chi connectivity index (χ2n) is 6.32. The Balaban J connectivity index is 1.81. The van der Waals surface area contributed by atoms with E-state index in [4.69, 9.17) is 0 Å². The van der Waals surface area contributed by atoms with Crippen molar-refractivity contribution in [1.29, 1.82) is 0 Å². The van der Waals surface area contributed by atoms with Crippen LogP contribution >= 0.6 is 0 Å². The topological polar surface area (TPSA) is 41.1 Å². The maximum absolute atomic E-state index is 12.2. The van der Waals surface area contributed by atoms with Gasteiger partial charge >= 0.3 is 0 Å². The van der Waals surface area contributed by atoms with Crippen LogP contribution < -0.4 is 10.6 Å². The Morgan fingerprint density at radius 3 is 2.43 bits per heavy atom. The van der Waals surface area contributed by atoms with Crippen molar-refractivity contribution in [3.8, 4) is 0 Å². The number of carbonyl (C=O) groups is 1. The molecule has 2 N–H and O–H groups in total. The van der Waals surface area contributed by atoms with Crippen LogP contribution in [0.4, 0.5) is 5.69 Å². The number of hydrogen-bond acceptors (Lipinski definition) is 2. The summed E-state index contributed by atoms with van der Waals surface area (Å²) in [4.78, 5) is 12.2. The van der Waals surface area contributed by atoms with Crippen LogP contribution in [0.15, 0.2) is 24.3 Å². The third kappa shape index (κ3) is 5.16. The van der Waals surface area contributed by atoms with E-state index in [9.17, 15) is 4.79 Å². The molecule has 1 aromatic rings. The maximum Gasteiger partial charge on any atom is 0.227 e. The zero-order valence-corrected chi connectivity index (χ0v) is 13.3. The fraction of sp³-hybridized carbons (Fsp3) is 0.611. The number of carbonyl (C=O) groups excluding carboxylic acids is 1. The van der Waals surface area contributed by atoms with E-state index in [-0.39, 0.29) is 11.8 Å².